The van der Waals surface area contributed by atoms with Gasteiger partial charge in [-0.05, 0) is 58.4 Å². The molecule has 4 N–H and O–H groups in total. The average Bonchev–Trinajstić information content (AvgIpc) is 3.43. The van der Waals surface area contributed by atoms with E-state index in [9.17, 15) is 14.0 Å². The van der Waals surface area contributed by atoms with Gasteiger partial charge >= 0.3 is 0 Å². The monoisotopic (exact) mass is 509 g/mol. The third kappa shape index (κ3) is 5.58. The average molecular weight is 510 g/mol. The van der Waals surface area contributed by atoms with E-state index in [1.165, 1.54) is 12.4 Å². The molecule has 0 bridgehead atoms. The quantitative estimate of drug-likeness (QED) is 0.327. The molecule has 36 heavy (non-hydrogen) atoms. The zero-order valence-electron chi connectivity index (χ0n) is 20.3. The van der Waals surface area contributed by atoms with Crippen molar-refractivity contribution in [2.75, 3.05) is 23.7 Å². The second-order valence-corrected chi connectivity index (χ2v) is 10.2. The first-order valence-electron chi connectivity index (χ1n) is 11.5. The van der Waals surface area contributed by atoms with E-state index in [1.807, 2.05) is 0 Å². The van der Waals surface area contributed by atoms with Crippen LogP contribution < -0.4 is 16.4 Å². The van der Waals surface area contributed by atoms with Crippen LogP contribution in [0.3, 0.4) is 0 Å². The van der Waals surface area contributed by atoms with Crippen LogP contribution >= 0.6 is 11.3 Å². The summed E-state index contributed by atoms with van der Waals surface area (Å²) in [5.74, 6) is -1.27. The van der Waals surface area contributed by atoms with Gasteiger partial charge in [-0.15, -0.1) is 11.3 Å². The number of rotatable bonds is 7. The molecule has 1 aliphatic rings. The molecule has 188 valence electrons. The van der Waals surface area contributed by atoms with E-state index in [4.69, 9.17) is 5.73 Å². The Kier molecular flexibility index (Phi) is 7.41. The number of nitrogens with zero attached hydrogens (tertiary/aromatic N) is 4. The number of carbonyl (C=O) groups is 2. The van der Waals surface area contributed by atoms with Gasteiger partial charge in [-0.2, -0.15) is 4.39 Å². The highest BCUT2D eigenvalue weighted by Gasteiger charge is 2.32. The Morgan fingerprint density at radius 1 is 1.25 bits per heavy atom. The van der Waals surface area contributed by atoms with Crippen LogP contribution in [0.15, 0.2) is 43.0 Å². The molecular formula is C25H28FN7O2S. The van der Waals surface area contributed by atoms with Gasteiger partial charge in [0.25, 0.3) is 5.91 Å². The summed E-state index contributed by atoms with van der Waals surface area (Å²) in [5, 5.41) is 5.98. The smallest absolute Gasteiger partial charge is 0.260 e. The number of likely N-dealkylation sites (tertiary alicyclic amines) is 1. The summed E-state index contributed by atoms with van der Waals surface area (Å²) < 4.78 is 14.0. The highest BCUT2D eigenvalue weighted by molar-refractivity contribution is 7.16. The SMILES string of the molecule is Cc1ncc(NC(=O)CN2CCCC2(C)C)cc1NC(=O)/C(=C/N)c1ncc(-c2cccnc2F)s1. The summed E-state index contributed by atoms with van der Waals surface area (Å²) in [5.41, 5.74) is 7.62. The number of nitrogens with one attached hydrogen (secondary N) is 2. The number of aryl methyl sites for hydroxylation is 1. The number of hydrogen-bond donors (Lipinski definition) is 3. The fourth-order valence-corrected chi connectivity index (χ4v) is 5.04. The minimum atomic E-state index is -0.621. The molecule has 0 radical (unpaired) electrons. The van der Waals surface area contributed by atoms with Crippen LogP contribution in [0.5, 0.6) is 0 Å². The van der Waals surface area contributed by atoms with Crippen molar-refractivity contribution in [1.29, 1.82) is 0 Å². The van der Waals surface area contributed by atoms with E-state index in [1.54, 1.807) is 31.3 Å². The first-order valence-corrected chi connectivity index (χ1v) is 12.3. The van der Waals surface area contributed by atoms with Crippen molar-refractivity contribution in [1.82, 2.24) is 19.9 Å². The number of hydrogen-bond acceptors (Lipinski definition) is 8. The molecule has 1 saturated heterocycles. The number of nitrogens with two attached hydrogens (primary N) is 1. The standard InChI is InChI=1S/C25H28FN7O2S/c1-15-19(10-16(12-29-15)31-21(34)14-33-9-5-7-25(33,2)3)32-23(35)18(11-27)24-30-13-20(36-24)17-6-4-8-28-22(17)26/h4,6,8,10-13H,5,7,9,14,27H2,1-3H3,(H,31,34)(H,32,35)/b18-11-. The maximum atomic E-state index is 14.0. The Morgan fingerprint density at radius 3 is 2.75 bits per heavy atom. The largest absolute Gasteiger partial charge is 0.404 e. The van der Waals surface area contributed by atoms with Crippen molar-refractivity contribution in [2.24, 2.45) is 5.73 Å². The number of thiazole rings is 1. The Hall–Kier alpha value is -3.70. The van der Waals surface area contributed by atoms with Gasteiger partial charge in [0.1, 0.15) is 5.01 Å². The number of pyridine rings is 2. The molecule has 0 aromatic carbocycles. The van der Waals surface area contributed by atoms with Gasteiger partial charge in [0.2, 0.25) is 11.9 Å². The molecule has 3 aromatic rings. The predicted octanol–water partition coefficient (Wildman–Crippen LogP) is 3.80. The topological polar surface area (TPSA) is 126 Å². The fraction of sp³-hybridized carbons (Fsp3) is 0.320. The lowest BCUT2D eigenvalue weighted by Crippen LogP contribution is -2.42. The summed E-state index contributed by atoms with van der Waals surface area (Å²) in [6.45, 7) is 7.18. The maximum Gasteiger partial charge on any atom is 0.260 e. The zero-order chi connectivity index (χ0) is 25.9. The summed E-state index contributed by atoms with van der Waals surface area (Å²) >= 11 is 1.12. The third-order valence-corrected chi connectivity index (χ3v) is 7.26. The van der Waals surface area contributed by atoms with Gasteiger partial charge in [-0.1, -0.05) is 0 Å². The first-order chi connectivity index (χ1) is 17.2. The lowest BCUT2D eigenvalue weighted by molar-refractivity contribution is -0.118. The van der Waals surface area contributed by atoms with Crippen molar-refractivity contribution in [2.45, 2.75) is 39.2 Å². The van der Waals surface area contributed by atoms with E-state index in [2.05, 4.69) is 44.3 Å². The van der Waals surface area contributed by atoms with Gasteiger partial charge < -0.3 is 16.4 Å². The molecular weight excluding hydrogens is 481 g/mol. The molecule has 2 amide bonds. The molecule has 0 unspecified atom stereocenters. The van der Waals surface area contributed by atoms with Crippen molar-refractivity contribution in [3.63, 3.8) is 0 Å². The van der Waals surface area contributed by atoms with Gasteiger partial charge in [0.05, 0.1) is 40.3 Å². The molecule has 4 heterocycles. The normalized spacial score (nSPS) is 15.6. The van der Waals surface area contributed by atoms with Crippen molar-refractivity contribution in [3.8, 4) is 10.4 Å². The summed E-state index contributed by atoms with van der Waals surface area (Å²) in [7, 11) is 0. The molecule has 11 heteroatoms. The molecule has 1 fully saturated rings. The van der Waals surface area contributed by atoms with E-state index < -0.39 is 11.9 Å². The highest BCUT2D eigenvalue weighted by atomic mass is 32.1. The summed E-state index contributed by atoms with van der Waals surface area (Å²) in [6.07, 6.45) is 7.66. The van der Waals surface area contributed by atoms with Crippen molar-refractivity contribution < 1.29 is 14.0 Å². The molecule has 9 nitrogen and oxygen atoms in total. The Labute approximate surface area is 212 Å². The molecule has 0 aliphatic carbocycles. The summed E-state index contributed by atoms with van der Waals surface area (Å²) in [6, 6.07) is 4.86. The zero-order valence-corrected chi connectivity index (χ0v) is 21.2. The molecule has 0 atom stereocenters. The van der Waals surface area contributed by atoms with Crippen LogP contribution in [0.1, 0.15) is 37.4 Å². The van der Waals surface area contributed by atoms with E-state index in [-0.39, 0.29) is 23.6 Å². The van der Waals surface area contributed by atoms with Crippen LogP contribution in [0.2, 0.25) is 0 Å². The van der Waals surface area contributed by atoms with Crippen molar-refractivity contribution >= 4 is 40.1 Å². The number of aromatic nitrogens is 3. The lowest BCUT2D eigenvalue weighted by atomic mass is 10.0. The second-order valence-electron chi connectivity index (χ2n) is 9.15. The Balaban J connectivity index is 1.46. The first kappa shape index (κ1) is 25.4. The maximum absolute atomic E-state index is 14.0. The van der Waals surface area contributed by atoms with Crippen LogP contribution in [-0.2, 0) is 9.59 Å². The van der Waals surface area contributed by atoms with Crippen molar-refractivity contribution in [3.05, 3.63) is 59.6 Å². The molecule has 1 aliphatic heterocycles. The molecule has 0 saturated carbocycles. The minimum Gasteiger partial charge on any atom is -0.404 e. The summed E-state index contributed by atoms with van der Waals surface area (Å²) in [4.78, 5) is 40.5. The lowest BCUT2D eigenvalue weighted by Gasteiger charge is -2.30. The van der Waals surface area contributed by atoms with Crippen LogP contribution in [-0.4, -0.2) is 50.3 Å². The van der Waals surface area contributed by atoms with Gasteiger partial charge in [-0.25, -0.2) is 9.97 Å². The molecule has 0 spiro atoms. The number of amides is 2. The van der Waals surface area contributed by atoms with Gasteiger partial charge in [0.15, 0.2) is 0 Å². The minimum absolute atomic E-state index is 0.00849. The van der Waals surface area contributed by atoms with Gasteiger partial charge in [0, 0.05) is 29.7 Å². The number of carbonyl (C=O) groups excluding carboxylic acids is 2. The number of halogens is 1. The molecule has 4 rings (SSSR count). The predicted molar refractivity (Wildman–Crippen MR) is 139 cm³/mol. The van der Waals surface area contributed by atoms with Crippen LogP contribution in [0.4, 0.5) is 15.8 Å². The Bertz CT molecular complexity index is 1320. The van der Waals surface area contributed by atoms with Crippen LogP contribution in [0.25, 0.3) is 16.0 Å². The highest BCUT2D eigenvalue weighted by Crippen LogP contribution is 2.31. The fourth-order valence-electron chi connectivity index (χ4n) is 4.08. The third-order valence-electron chi connectivity index (χ3n) is 6.20. The Morgan fingerprint density at radius 2 is 2.06 bits per heavy atom. The van der Waals surface area contributed by atoms with E-state index in [0.29, 0.717) is 32.5 Å². The number of anilines is 2. The second kappa shape index (κ2) is 10.5. The van der Waals surface area contributed by atoms with Crippen LogP contribution in [0, 0.1) is 12.9 Å². The van der Waals surface area contributed by atoms with Gasteiger partial charge in [-0.3, -0.25) is 19.5 Å². The van der Waals surface area contributed by atoms with E-state index >= 15 is 0 Å². The molecule has 3 aromatic heterocycles. The van der Waals surface area contributed by atoms with E-state index in [0.717, 1.165) is 36.9 Å².